The Hall–Kier alpha value is -2.71. The molecule has 1 aromatic heterocycles. The van der Waals surface area contributed by atoms with Gasteiger partial charge in [0.15, 0.2) is 0 Å². The quantitative estimate of drug-likeness (QED) is 0.649. The van der Waals surface area contributed by atoms with Gasteiger partial charge in [0.05, 0.1) is 11.6 Å². The first kappa shape index (κ1) is 24.4. The molecule has 2 saturated heterocycles. The normalized spacial score (nSPS) is 23.3. The summed E-state index contributed by atoms with van der Waals surface area (Å²) in [5.41, 5.74) is 0.758. The van der Waals surface area contributed by atoms with Crippen molar-refractivity contribution in [1.29, 1.82) is 0 Å². The number of piperidine rings is 1. The molecule has 2 fully saturated rings. The Labute approximate surface area is 200 Å². The van der Waals surface area contributed by atoms with E-state index in [4.69, 9.17) is 0 Å². The van der Waals surface area contributed by atoms with Crippen molar-refractivity contribution >= 4 is 22.7 Å². The van der Waals surface area contributed by atoms with Gasteiger partial charge in [-0.15, -0.1) is 0 Å². The van der Waals surface area contributed by atoms with Crippen LogP contribution in [0, 0.1) is 0 Å². The third-order valence-electron chi connectivity index (χ3n) is 7.37. The molecule has 1 aromatic carbocycles. The van der Waals surface area contributed by atoms with Gasteiger partial charge in [0.2, 0.25) is 5.91 Å². The van der Waals surface area contributed by atoms with Crippen LogP contribution in [0.3, 0.4) is 0 Å². The molecule has 2 bridgehead atoms. The zero-order valence-corrected chi connectivity index (χ0v) is 20.5. The number of likely N-dealkylation sites (N-methyl/N-ethyl adjacent to an activating group) is 1. The lowest BCUT2D eigenvalue weighted by molar-refractivity contribution is -0.129. The third-order valence-corrected chi connectivity index (χ3v) is 7.37. The molecular formula is C26H36N4O4. The highest BCUT2D eigenvalue weighted by molar-refractivity contribution is 5.97. The highest BCUT2D eigenvalue weighted by Gasteiger charge is 2.42. The molecule has 4 rings (SSSR count). The number of nitrogens with zero attached hydrogens (tertiary/aromatic N) is 3. The number of carbonyl (C=O) groups is 2. The molecule has 184 valence electrons. The lowest BCUT2D eigenvalue weighted by Crippen LogP contribution is -2.53. The van der Waals surface area contributed by atoms with E-state index in [9.17, 15) is 19.5 Å². The second-order valence-corrected chi connectivity index (χ2v) is 10.2. The van der Waals surface area contributed by atoms with Crippen molar-refractivity contribution in [1.82, 2.24) is 19.7 Å². The van der Waals surface area contributed by atoms with Crippen LogP contribution in [0.4, 0.5) is 0 Å². The van der Waals surface area contributed by atoms with Crippen LogP contribution in [0.25, 0.3) is 10.9 Å². The number of pyridine rings is 1. The number of carbonyl (C=O) groups excluding carboxylic acids is 2. The molecule has 2 aliphatic rings. The number of amides is 2. The molecule has 0 saturated carbocycles. The average Bonchev–Trinajstić information content (AvgIpc) is 3.00. The summed E-state index contributed by atoms with van der Waals surface area (Å²) < 4.78 is 1.69. The predicted molar refractivity (Wildman–Crippen MR) is 132 cm³/mol. The van der Waals surface area contributed by atoms with Gasteiger partial charge in [-0.25, -0.2) is 0 Å². The maximum atomic E-state index is 13.2. The highest BCUT2D eigenvalue weighted by Crippen LogP contribution is 2.36. The minimum absolute atomic E-state index is 0.00310. The van der Waals surface area contributed by atoms with Crippen molar-refractivity contribution in [3.63, 3.8) is 0 Å². The topological polar surface area (TPSA) is 94.9 Å². The number of hydrogen-bond acceptors (Lipinski definition) is 5. The van der Waals surface area contributed by atoms with E-state index in [0.29, 0.717) is 13.1 Å². The first-order valence-corrected chi connectivity index (χ1v) is 12.3. The number of para-hydroxylation sites is 1. The summed E-state index contributed by atoms with van der Waals surface area (Å²) >= 11 is 0. The van der Waals surface area contributed by atoms with Gasteiger partial charge in [0.1, 0.15) is 5.56 Å². The van der Waals surface area contributed by atoms with Crippen molar-refractivity contribution in [2.45, 2.75) is 76.7 Å². The van der Waals surface area contributed by atoms with Crippen molar-refractivity contribution in [2.75, 3.05) is 20.1 Å². The maximum absolute atomic E-state index is 13.2. The SMILES string of the molecule is CC(=O)N(C)C[C@H](O)CN1[C@@H]2CC[C@H]1C[C@H](NC(=O)c1cc3ccccc3n(C(C)C)c1=O)C2. The minimum atomic E-state index is -0.602. The van der Waals surface area contributed by atoms with Gasteiger partial charge >= 0.3 is 0 Å². The molecule has 3 heterocycles. The Kier molecular flexibility index (Phi) is 7.09. The Bertz CT molecular complexity index is 1110. The second-order valence-electron chi connectivity index (χ2n) is 10.2. The molecule has 4 atom stereocenters. The first-order chi connectivity index (χ1) is 16.2. The van der Waals surface area contributed by atoms with E-state index < -0.39 is 6.10 Å². The Balaban J connectivity index is 1.45. The summed E-state index contributed by atoms with van der Waals surface area (Å²) in [6.45, 7) is 6.24. The first-order valence-electron chi connectivity index (χ1n) is 12.3. The van der Waals surface area contributed by atoms with Crippen LogP contribution >= 0.6 is 0 Å². The second kappa shape index (κ2) is 9.88. The van der Waals surface area contributed by atoms with E-state index in [1.54, 1.807) is 17.7 Å². The molecule has 34 heavy (non-hydrogen) atoms. The molecule has 0 unspecified atom stereocenters. The van der Waals surface area contributed by atoms with Crippen molar-refractivity contribution in [2.24, 2.45) is 0 Å². The van der Waals surface area contributed by atoms with Crippen LogP contribution in [0.1, 0.15) is 62.9 Å². The van der Waals surface area contributed by atoms with Gasteiger partial charge in [-0.1, -0.05) is 18.2 Å². The predicted octanol–water partition coefficient (Wildman–Crippen LogP) is 2.15. The number of aliphatic hydroxyl groups is 1. The summed E-state index contributed by atoms with van der Waals surface area (Å²) in [7, 11) is 1.70. The number of aliphatic hydroxyl groups excluding tert-OH is 1. The summed E-state index contributed by atoms with van der Waals surface area (Å²) in [6, 6.07) is 9.86. The van der Waals surface area contributed by atoms with E-state index in [1.807, 2.05) is 38.1 Å². The Morgan fingerprint density at radius 1 is 1.18 bits per heavy atom. The molecule has 8 nitrogen and oxygen atoms in total. The fourth-order valence-corrected chi connectivity index (χ4v) is 5.66. The van der Waals surface area contributed by atoms with Crippen LogP contribution in [-0.4, -0.2) is 75.7 Å². The molecule has 0 aliphatic carbocycles. The van der Waals surface area contributed by atoms with Crippen LogP contribution in [0.15, 0.2) is 35.1 Å². The van der Waals surface area contributed by atoms with E-state index in [0.717, 1.165) is 36.6 Å². The van der Waals surface area contributed by atoms with Gasteiger partial charge in [-0.05, 0) is 57.0 Å². The lowest BCUT2D eigenvalue weighted by atomic mass is 9.96. The largest absolute Gasteiger partial charge is 0.390 e. The minimum Gasteiger partial charge on any atom is -0.390 e. The number of aromatic nitrogens is 1. The number of hydrogen-bond donors (Lipinski definition) is 2. The summed E-state index contributed by atoms with van der Waals surface area (Å²) in [5, 5.41) is 14.5. The van der Waals surface area contributed by atoms with Gasteiger partial charge in [0, 0.05) is 51.2 Å². The van der Waals surface area contributed by atoms with E-state index in [1.165, 1.54) is 11.8 Å². The monoisotopic (exact) mass is 468 g/mol. The molecule has 8 heteroatoms. The van der Waals surface area contributed by atoms with Crippen LogP contribution in [0.2, 0.25) is 0 Å². The van der Waals surface area contributed by atoms with Gasteiger partial charge < -0.3 is 19.9 Å². The van der Waals surface area contributed by atoms with Crippen molar-refractivity contribution in [3.05, 3.63) is 46.2 Å². The average molecular weight is 469 g/mol. The van der Waals surface area contributed by atoms with E-state index in [2.05, 4.69) is 10.2 Å². The van der Waals surface area contributed by atoms with Crippen LogP contribution < -0.4 is 10.9 Å². The highest BCUT2D eigenvalue weighted by atomic mass is 16.3. The zero-order chi connectivity index (χ0) is 24.6. The zero-order valence-electron chi connectivity index (χ0n) is 20.5. The molecule has 2 aromatic rings. The molecule has 2 N–H and O–H groups in total. The standard InChI is InChI=1S/C26H36N4O4/c1-16(2)30-24-8-6-5-7-18(24)11-23(26(30)34)25(33)27-19-12-20-9-10-21(13-19)29(20)15-22(32)14-28(4)17(3)31/h5-8,11,16,19-22,32H,9-10,12-15H2,1-4H3,(H,27,33)/t19-,20-,21+,22-/m0/s1. The molecule has 0 spiro atoms. The van der Waals surface area contributed by atoms with E-state index >= 15 is 0 Å². The van der Waals surface area contributed by atoms with Crippen molar-refractivity contribution in [3.8, 4) is 0 Å². The number of nitrogens with one attached hydrogen (secondary N) is 1. The van der Waals surface area contributed by atoms with Crippen LogP contribution in [-0.2, 0) is 4.79 Å². The number of rotatable bonds is 7. The van der Waals surface area contributed by atoms with Gasteiger partial charge in [-0.2, -0.15) is 0 Å². The number of fused-ring (bicyclic) bond motifs is 3. The fourth-order valence-electron chi connectivity index (χ4n) is 5.66. The van der Waals surface area contributed by atoms with E-state index in [-0.39, 0.29) is 47.1 Å². The Morgan fingerprint density at radius 2 is 1.82 bits per heavy atom. The summed E-state index contributed by atoms with van der Waals surface area (Å²) in [6.07, 6.45) is 3.05. The Morgan fingerprint density at radius 3 is 2.44 bits per heavy atom. The lowest BCUT2D eigenvalue weighted by Gasteiger charge is -2.40. The van der Waals surface area contributed by atoms with Gasteiger partial charge in [-0.3, -0.25) is 19.3 Å². The molecule has 2 amide bonds. The smallest absolute Gasteiger partial charge is 0.264 e. The van der Waals surface area contributed by atoms with Crippen molar-refractivity contribution < 1.29 is 14.7 Å². The van der Waals surface area contributed by atoms with Crippen LogP contribution in [0.5, 0.6) is 0 Å². The molecular weight excluding hydrogens is 432 g/mol. The third kappa shape index (κ3) is 4.88. The molecule has 0 radical (unpaired) electrons. The summed E-state index contributed by atoms with van der Waals surface area (Å²) in [4.78, 5) is 41.7. The summed E-state index contributed by atoms with van der Waals surface area (Å²) in [5.74, 6) is -0.375. The van der Waals surface area contributed by atoms with Gasteiger partial charge in [0.25, 0.3) is 11.5 Å². The molecule has 2 aliphatic heterocycles. The fraction of sp³-hybridized carbons (Fsp3) is 0.577. The number of benzene rings is 1. The maximum Gasteiger partial charge on any atom is 0.264 e.